The second-order valence-electron chi connectivity index (χ2n) is 7.73. The fourth-order valence-corrected chi connectivity index (χ4v) is 3.68. The molecule has 0 aliphatic carbocycles. The van der Waals surface area contributed by atoms with Crippen LogP contribution in [0.1, 0.15) is 101 Å². The van der Waals surface area contributed by atoms with Gasteiger partial charge in [0.15, 0.2) is 0 Å². The van der Waals surface area contributed by atoms with E-state index in [1.165, 1.54) is 64.2 Å². The van der Waals surface area contributed by atoms with Gasteiger partial charge in [0.1, 0.15) is 6.04 Å². The summed E-state index contributed by atoms with van der Waals surface area (Å²) in [6.45, 7) is 4.33. The first-order valence-corrected chi connectivity index (χ1v) is 12.1. The summed E-state index contributed by atoms with van der Waals surface area (Å²) in [5, 5.41) is 2.69. The molecule has 0 radical (unpaired) electrons. The van der Waals surface area contributed by atoms with E-state index in [1.54, 1.807) is 25.1 Å². The highest BCUT2D eigenvalue weighted by Crippen LogP contribution is 2.16. The number of amides is 1. The Morgan fingerprint density at radius 2 is 1.41 bits per heavy atom. The highest BCUT2D eigenvalue weighted by Gasteiger charge is 2.18. The van der Waals surface area contributed by atoms with Crippen molar-refractivity contribution in [1.29, 1.82) is 0 Å². The molecule has 0 aromatic heterocycles. The molecule has 4 nitrogen and oxygen atoms in total. The van der Waals surface area contributed by atoms with E-state index in [9.17, 15) is 9.59 Å². The van der Waals surface area contributed by atoms with Crippen molar-refractivity contribution in [3.05, 3.63) is 34.3 Å². The minimum Gasteiger partial charge on any atom is -0.464 e. The van der Waals surface area contributed by atoms with Crippen LogP contribution >= 0.6 is 15.9 Å². The van der Waals surface area contributed by atoms with Crippen LogP contribution in [0.15, 0.2) is 28.7 Å². The molecule has 0 aliphatic heterocycles. The standard InChI is InChI=1S/C24H38BrNO3/c1-3-4-5-6-7-8-9-10-11-12-13-16-19-29-24(28)20(2)26-23(27)21-17-14-15-18-22(21)25/h14-15,17-18,20H,3-13,16,19H2,1-2H3,(H,26,27). The van der Waals surface area contributed by atoms with Crippen molar-refractivity contribution in [1.82, 2.24) is 5.32 Å². The summed E-state index contributed by atoms with van der Waals surface area (Å²) >= 11 is 3.34. The number of unbranched alkanes of at least 4 members (excludes halogenated alkanes) is 11. The molecule has 0 saturated heterocycles. The molecular formula is C24H38BrNO3. The molecule has 0 spiro atoms. The van der Waals surface area contributed by atoms with Crippen molar-refractivity contribution in [2.24, 2.45) is 0 Å². The third-order valence-corrected chi connectivity index (χ3v) is 5.75. The molecular weight excluding hydrogens is 430 g/mol. The number of ether oxygens (including phenoxy) is 1. The molecule has 0 heterocycles. The number of carbonyl (C=O) groups excluding carboxylic acids is 2. The maximum Gasteiger partial charge on any atom is 0.328 e. The van der Waals surface area contributed by atoms with E-state index in [1.807, 2.05) is 6.07 Å². The quantitative estimate of drug-likeness (QED) is 0.214. The number of hydrogen-bond acceptors (Lipinski definition) is 3. The van der Waals surface area contributed by atoms with E-state index in [2.05, 4.69) is 28.2 Å². The van der Waals surface area contributed by atoms with Gasteiger partial charge in [0.05, 0.1) is 12.2 Å². The molecule has 164 valence electrons. The fourth-order valence-electron chi connectivity index (χ4n) is 3.22. The van der Waals surface area contributed by atoms with Crippen molar-refractivity contribution in [2.75, 3.05) is 6.61 Å². The zero-order valence-electron chi connectivity index (χ0n) is 18.2. The largest absolute Gasteiger partial charge is 0.464 e. The molecule has 1 unspecified atom stereocenters. The van der Waals surface area contributed by atoms with Crippen molar-refractivity contribution >= 4 is 27.8 Å². The van der Waals surface area contributed by atoms with Crippen LogP contribution in [0.5, 0.6) is 0 Å². The molecule has 1 N–H and O–H groups in total. The van der Waals surface area contributed by atoms with Gasteiger partial charge in [-0.2, -0.15) is 0 Å². The molecule has 1 amide bonds. The maximum absolute atomic E-state index is 12.2. The van der Waals surface area contributed by atoms with Gasteiger partial charge in [-0.05, 0) is 41.4 Å². The van der Waals surface area contributed by atoms with Gasteiger partial charge in [-0.15, -0.1) is 0 Å². The highest BCUT2D eigenvalue weighted by molar-refractivity contribution is 9.10. The first-order valence-electron chi connectivity index (χ1n) is 11.3. The molecule has 0 bridgehead atoms. The summed E-state index contributed by atoms with van der Waals surface area (Å²) in [4.78, 5) is 24.3. The lowest BCUT2D eigenvalue weighted by molar-refractivity contribution is -0.145. The second kappa shape index (κ2) is 16.4. The first-order chi connectivity index (χ1) is 14.1. The van der Waals surface area contributed by atoms with Crippen LogP contribution in [0, 0.1) is 0 Å². The number of esters is 1. The summed E-state index contributed by atoms with van der Waals surface area (Å²) in [5.41, 5.74) is 0.508. The Bertz CT molecular complexity index is 591. The van der Waals surface area contributed by atoms with E-state index >= 15 is 0 Å². The molecule has 1 atom stereocenters. The molecule has 1 aromatic carbocycles. The van der Waals surface area contributed by atoms with Crippen molar-refractivity contribution < 1.29 is 14.3 Å². The number of halogens is 1. The van der Waals surface area contributed by atoms with Gasteiger partial charge in [-0.1, -0.05) is 89.7 Å². The predicted molar refractivity (Wildman–Crippen MR) is 123 cm³/mol. The Morgan fingerprint density at radius 1 is 0.897 bits per heavy atom. The Balaban J connectivity index is 2.01. The van der Waals surface area contributed by atoms with Crippen LogP contribution in [0.4, 0.5) is 0 Å². The van der Waals surface area contributed by atoms with Crippen LogP contribution < -0.4 is 5.32 Å². The van der Waals surface area contributed by atoms with Gasteiger partial charge >= 0.3 is 5.97 Å². The van der Waals surface area contributed by atoms with Gasteiger partial charge in [-0.3, -0.25) is 4.79 Å². The lowest BCUT2D eigenvalue weighted by Crippen LogP contribution is -2.39. The number of rotatable bonds is 16. The molecule has 1 aromatic rings. The van der Waals surface area contributed by atoms with E-state index in [-0.39, 0.29) is 11.9 Å². The fraction of sp³-hybridized carbons (Fsp3) is 0.667. The summed E-state index contributed by atoms with van der Waals surface area (Å²) < 4.78 is 6.00. The average molecular weight is 468 g/mol. The van der Waals surface area contributed by atoms with Crippen LogP contribution in [-0.2, 0) is 9.53 Å². The van der Waals surface area contributed by atoms with E-state index < -0.39 is 6.04 Å². The third kappa shape index (κ3) is 12.0. The van der Waals surface area contributed by atoms with Crippen LogP contribution in [-0.4, -0.2) is 24.5 Å². The highest BCUT2D eigenvalue weighted by atomic mass is 79.9. The van der Waals surface area contributed by atoms with Gasteiger partial charge in [0, 0.05) is 4.47 Å². The molecule has 1 rings (SSSR count). The summed E-state index contributed by atoms with van der Waals surface area (Å²) in [7, 11) is 0. The molecule has 0 saturated carbocycles. The van der Waals surface area contributed by atoms with Crippen molar-refractivity contribution in [3.8, 4) is 0 Å². The number of hydrogen-bond donors (Lipinski definition) is 1. The van der Waals surface area contributed by atoms with Gasteiger partial charge in [0.2, 0.25) is 0 Å². The maximum atomic E-state index is 12.2. The number of benzene rings is 1. The van der Waals surface area contributed by atoms with Gasteiger partial charge < -0.3 is 10.1 Å². The molecule has 0 aliphatic rings. The van der Waals surface area contributed by atoms with Crippen molar-refractivity contribution in [2.45, 2.75) is 96.9 Å². The summed E-state index contributed by atoms with van der Waals surface area (Å²) in [5.74, 6) is -0.666. The lowest BCUT2D eigenvalue weighted by atomic mass is 10.1. The minimum absolute atomic E-state index is 0.285. The molecule has 0 fully saturated rings. The second-order valence-corrected chi connectivity index (χ2v) is 8.59. The van der Waals surface area contributed by atoms with Crippen LogP contribution in [0.2, 0.25) is 0 Å². The zero-order chi connectivity index (χ0) is 21.3. The number of carbonyl (C=O) groups is 2. The van der Waals surface area contributed by atoms with Crippen LogP contribution in [0.3, 0.4) is 0 Å². The zero-order valence-corrected chi connectivity index (χ0v) is 19.8. The normalized spacial score (nSPS) is 11.8. The minimum atomic E-state index is -0.660. The Labute approximate surface area is 185 Å². The van der Waals surface area contributed by atoms with Gasteiger partial charge in [0.25, 0.3) is 5.91 Å². The lowest BCUT2D eigenvalue weighted by Gasteiger charge is -2.14. The monoisotopic (exact) mass is 467 g/mol. The first kappa shape index (κ1) is 25.7. The Hall–Kier alpha value is -1.36. The SMILES string of the molecule is CCCCCCCCCCCCCCOC(=O)C(C)NC(=O)c1ccccc1Br. The smallest absolute Gasteiger partial charge is 0.328 e. The molecule has 5 heteroatoms. The van der Waals surface area contributed by atoms with Gasteiger partial charge in [-0.25, -0.2) is 4.79 Å². The van der Waals surface area contributed by atoms with E-state index in [0.717, 1.165) is 12.8 Å². The van der Waals surface area contributed by atoms with Crippen LogP contribution in [0.25, 0.3) is 0 Å². The Morgan fingerprint density at radius 3 is 1.97 bits per heavy atom. The Kier molecular flexibility index (Phi) is 14.6. The van der Waals surface area contributed by atoms with E-state index in [0.29, 0.717) is 16.6 Å². The molecule has 29 heavy (non-hydrogen) atoms. The average Bonchev–Trinajstić information content (AvgIpc) is 2.71. The topological polar surface area (TPSA) is 55.4 Å². The summed E-state index contributed by atoms with van der Waals surface area (Å²) in [6, 6.07) is 6.48. The van der Waals surface area contributed by atoms with E-state index in [4.69, 9.17) is 4.74 Å². The third-order valence-electron chi connectivity index (χ3n) is 5.06. The summed E-state index contributed by atoms with van der Waals surface area (Å²) in [6.07, 6.45) is 15.3. The predicted octanol–water partition coefficient (Wildman–Crippen LogP) is 6.81. The number of nitrogens with one attached hydrogen (secondary N) is 1. The van der Waals surface area contributed by atoms with Crippen molar-refractivity contribution in [3.63, 3.8) is 0 Å².